The number of methoxy groups -OCH3 is 1. The van der Waals surface area contributed by atoms with E-state index in [9.17, 15) is 59.7 Å². The van der Waals surface area contributed by atoms with Crippen LogP contribution in [0.3, 0.4) is 0 Å². The number of aliphatic hydroxyl groups excluding tert-OH is 1. The second kappa shape index (κ2) is 43.5. The van der Waals surface area contributed by atoms with Crippen LogP contribution >= 0.6 is 18.8 Å². The van der Waals surface area contributed by atoms with E-state index in [-0.39, 0.29) is 206 Å². The predicted molar refractivity (Wildman–Crippen MR) is 473 cm³/mol. The summed E-state index contributed by atoms with van der Waals surface area (Å²) in [6.07, 6.45) is 19.1. The molecule has 4 aromatic carbocycles. The molecule has 11 aliphatic carbocycles. The fraction of sp³-hybridized carbons (Fsp3) is 0.629. The standard InChI is InChI=1S/C21H25NO4.C19H21NO4.C18H23NO3.C17H19NO4.C6H14N2.C6H8O4.C2H2O4.2ClH.2H3N.4H2N.2H2O.4Pt/c1-22(11-12-2-3-12)9-8-20-17-13-4-5-14(23)18(17)26-19(20)15(24)6-7-21(20,25)16(22)10-13;1-2-8-20-9-7-18-15-11-3-4-12(21)16(15)24-17(18)13(22)5-6-19(18,23)14(20)10-11;1-19-8-7-18-11-4-5-13(20)17(18)22-16-14(21-2)6-3-10(15(16)18)9-12(11)19;1-18-7-6-16-13-9-2-3-10(19)14(13)22-15(16)11(20)4-5-17(16,21)12(18)8-9;7-5-3-1-2-4-6(5)8;7-4(8)6(5(9)10)2-1-3-6;3-1(4)2(5)6;;;;;;;;;;;;;;/h4-5,12,16,19,25H,2-3,6-11H2,1H3;2-4,14,17,21,23H,1,5-10H2;3,6,11-13,17,20H,4-5,7-9H2,1-2H3;2-3,12,15,19,21H,4-8H2,1H3;5-6H,1-4,7-8H2;1-3H2,(H,7,8)(H,9,10);(H,3,4)(H,5,6);2*1H;2*1H3;6*1H2;;;;/q;;;;;;;;;;;4*-1;;;;2*+2;+4/p-1. The van der Waals surface area contributed by atoms with Gasteiger partial charge in [0, 0.05) is 130 Å². The van der Waals surface area contributed by atoms with Crippen molar-refractivity contribution < 1.29 is 209 Å². The van der Waals surface area contributed by atoms with Gasteiger partial charge in [-0.05, 0) is 195 Å². The Labute approximate surface area is 827 Å². The number of piperidine rings is 4. The molecule has 8 aliphatic heterocycles. The van der Waals surface area contributed by atoms with E-state index in [1.807, 2.05) is 37.4 Å². The maximum atomic E-state index is 12.8. The summed E-state index contributed by atoms with van der Waals surface area (Å²) in [5.41, 5.74) is 13.8. The minimum absolute atomic E-state index is 0. The number of aromatic hydroxyl groups is 3. The van der Waals surface area contributed by atoms with E-state index in [1.54, 1.807) is 25.3 Å². The average molecular weight is 2620 g/mol. The van der Waals surface area contributed by atoms with Crippen molar-refractivity contribution in [1.82, 2.24) is 27.0 Å². The Morgan fingerprint density at radius 1 is 0.561 bits per heavy atom. The molecule has 43 heteroatoms. The number of quaternary nitrogens is 1. The number of carbonyl (C=O) groups is 7. The maximum absolute atomic E-state index is 12.8. The number of hydrogen-bond donors (Lipinski definition) is 15. The molecule has 132 heavy (non-hydrogen) atoms. The zero-order valence-electron chi connectivity index (χ0n) is 74.3. The molecule has 23 rings (SSSR count). The molecule has 19 aliphatic rings. The van der Waals surface area contributed by atoms with Gasteiger partial charge in [-0.2, -0.15) is 0 Å². The normalized spacial score (nSPS) is 34.5. The number of hydrogen-bond acceptors (Lipinski definition) is 26. The summed E-state index contributed by atoms with van der Waals surface area (Å²) in [7, 11) is 18.1. The molecular weight excluding hydrogens is 2490 g/mol. The molecule has 20 atom stereocenters. The molecule has 8 heterocycles. The number of likely N-dealkylation sites (N-methyl/N-ethyl adjacent to an activating group) is 3. The van der Waals surface area contributed by atoms with Gasteiger partial charge in [-0.15, -0.1) is 6.58 Å². The van der Waals surface area contributed by atoms with Gasteiger partial charge in [-0.3, -0.25) is 28.9 Å². The molecule has 0 amide bonds. The van der Waals surface area contributed by atoms with Crippen molar-refractivity contribution in [2.75, 3.05) is 67.5 Å². The number of carbonyl (C=O) groups excluding carboxylic acids is 3. The molecule has 4 aromatic rings. The third-order valence-electron chi connectivity index (χ3n) is 32.4. The first-order valence-electron chi connectivity index (χ1n) is 42.8. The van der Waals surface area contributed by atoms with Gasteiger partial charge in [0.15, 0.2) is 87.1 Å². The first kappa shape index (κ1) is 117. The fourth-order valence-corrected chi connectivity index (χ4v) is 26.4. The van der Waals surface area contributed by atoms with Gasteiger partial charge in [-0.1, -0.05) is 43.2 Å². The summed E-state index contributed by atoms with van der Waals surface area (Å²) in [6, 6.07) is 16.3. The number of ketones is 3. The predicted octanol–water partition coefficient (Wildman–Crippen LogP) is 8.05. The SMILES string of the molecule is C=CCN1CCC23c4c5ccc(O)c4OC2C(=O)CCC3(O)C1C5.CN1CCC23c4c5ccc(O)c4OC2C(=O)CCC3(O)C1C5.COc1ccc2c3c1OC1C(O)CCC4C(C2)N(C)CCC341.C[N+]1(CC2CC2)CCC23c4c5ccc(O)c4OC2C(=O)CCC3(O)C1C5.N.N.NC1CCCCC1N.O.O.O=C(O)C(=O)O.O=C(O)C1(C(=O)O)CCC1.[Cl][Pt+2][Cl].[NH2-].[NH2-].[NH2-].[NH2-].[Pt+2].[Pt+2].[Pt]. The number of aliphatic hydroxyl groups is 4. The van der Waals surface area contributed by atoms with Crippen LogP contribution in [-0.2, 0) is 161 Å². The molecule has 4 spiro atoms. The molecule has 7 saturated carbocycles. The zero-order chi connectivity index (χ0) is 86.5. The molecule has 20 unspecified atom stereocenters. The average Bonchev–Trinajstić information content (AvgIpc) is 1.45. The topological polar surface area (TPSA) is 717 Å². The van der Waals surface area contributed by atoms with Crippen LogP contribution in [0, 0.1) is 17.3 Å². The number of nitrogens with zero attached hydrogens (tertiary/aromatic N) is 4. The molecule has 4 saturated heterocycles. The minimum Gasteiger partial charge on any atom is -0.693 e. The van der Waals surface area contributed by atoms with Crippen molar-refractivity contribution in [2.45, 2.75) is 266 Å². The van der Waals surface area contributed by atoms with Crippen LogP contribution in [0.5, 0.6) is 46.0 Å². The molecule has 8 bridgehead atoms. The van der Waals surface area contributed by atoms with Crippen LogP contribution in [-0.4, -0.2) is 279 Å². The van der Waals surface area contributed by atoms with E-state index >= 15 is 0 Å². The Kier molecular flexibility index (Phi) is 38.6. The first-order chi connectivity index (χ1) is 57.5. The second-order valence-corrected chi connectivity index (χ2v) is 41.0. The minimum atomic E-state index is -1.82. The van der Waals surface area contributed by atoms with Gasteiger partial charge < -0.3 is 153 Å². The summed E-state index contributed by atoms with van der Waals surface area (Å²) in [6.45, 7) is 9.37. The zero-order valence-corrected chi connectivity index (χ0v) is 84.9. The molecule has 0 aromatic heterocycles. The van der Waals surface area contributed by atoms with E-state index in [0.717, 1.165) is 152 Å². The molecule has 0 radical (unpaired) electrons. The Bertz CT molecular complexity index is 4870. The summed E-state index contributed by atoms with van der Waals surface area (Å²) < 4.78 is 30.8. The van der Waals surface area contributed by atoms with Crippen LogP contribution in [0.15, 0.2) is 61.2 Å². The van der Waals surface area contributed by atoms with Crippen molar-refractivity contribution in [3.63, 3.8) is 0 Å². The van der Waals surface area contributed by atoms with Crippen molar-refractivity contribution in [3.05, 3.63) is 130 Å². The number of ether oxygens (including phenoxy) is 5. The number of aliphatic carboxylic acids is 4. The number of carboxylic acids is 4. The number of Topliss-reactive ketones (excluding diaryl/α,β-unsaturated/α-hetero) is 3. The summed E-state index contributed by atoms with van der Waals surface area (Å²) in [5.74, 6) is -1.20. The Morgan fingerprint density at radius 2 is 0.985 bits per heavy atom. The van der Waals surface area contributed by atoms with E-state index in [2.05, 4.69) is 41.4 Å². The third kappa shape index (κ3) is 17.7. The number of phenolic OH excluding ortho intramolecular Hbond substituents is 3. The van der Waals surface area contributed by atoms with Gasteiger partial charge in [-0.25, -0.2) is 9.59 Å². The molecular formula is C89H131Cl2N12O25Pt4+3. The number of phenols is 3. The van der Waals surface area contributed by atoms with Crippen LogP contribution in [0.4, 0.5) is 0 Å². The number of halogens is 2. The van der Waals surface area contributed by atoms with Gasteiger partial charge in [0.05, 0.1) is 60.8 Å². The van der Waals surface area contributed by atoms with E-state index < -0.39 is 97.1 Å². The fourth-order valence-electron chi connectivity index (χ4n) is 26.4. The van der Waals surface area contributed by atoms with Crippen LogP contribution in [0.1, 0.15) is 179 Å². The Hall–Kier alpha value is -5.48. The van der Waals surface area contributed by atoms with Gasteiger partial charge in [0.2, 0.25) is 0 Å². The summed E-state index contributed by atoms with van der Waals surface area (Å²) in [4.78, 5) is 83.9. The van der Waals surface area contributed by atoms with Crippen molar-refractivity contribution >= 4 is 60.1 Å². The van der Waals surface area contributed by atoms with E-state index in [1.165, 1.54) is 36.8 Å². The van der Waals surface area contributed by atoms with E-state index in [0.29, 0.717) is 93.4 Å². The number of likely N-dealkylation sites (tertiary alicyclic amines) is 4. The monoisotopic (exact) mass is 2620 g/mol. The quantitative estimate of drug-likeness (QED) is 0.0360. The summed E-state index contributed by atoms with van der Waals surface area (Å²) >= 11 is -0.472. The van der Waals surface area contributed by atoms with Gasteiger partial charge in [0.25, 0.3) is 0 Å². The first-order valence-corrected chi connectivity index (χ1v) is 48.4. The Balaban J connectivity index is 0.000000278. The van der Waals surface area contributed by atoms with Crippen LogP contribution < -0.4 is 47.5 Å². The van der Waals surface area contributed by atoms with Crippen LogP contribution in [0.2, 0.25) is 0 Å². The van der Waals surface area contributed by atoms with Gasteiger partial charge in [0.1, 0.15) is 17.7 Å². The molecule has 33 N–H and O–H groups in total. The number of carboxylic acid groups (broad SMARTS) is 4. The maximum Gasteiger partial charge on any atom is 2.00 e. The van der Waals surface area contributed by atoms with Crippen LogP contribution in [0.25, 0.3) is 24.6 Å². The van der Waals surface area contributed by atoms with Crippen molar-refractivity contribution in [1.29, 1.82) is 0 Å². The van der Waals surface area contributed by atoms with Crippen molar-refractivity contribution in [3.8, 4) is 46.0 Å². The number of nitrogens with two attached hydrogens (primary N) is 6. The Morgan fingerprint density at radius 3 is 1.41 bits per heavy atom. The largest absolute Gasteiger partial charge is 2.00 e. The number of rotatable bonds is 7. The van der Waals surface area contributed by atoms with Gasteiger partial charge >= 0.3 is 101 Å². The number of benzene rings is 4. The summed E-state index contributed by atoms with van der Waals surface area (Å²) in [5, 5.41) is 109. The molecule has 37 nitrogen and oxygen atoms in total. The molecule has 748 valence electrons. The third-order valence-corrected chi connectivity index (χ3v) is 32.4. The van der Waals surface area contributed by atoms with E-state index in [4.69, 9.17) is 84.0 Å². The van der Waals surface area contributed by atoms with Crippen molar-refractivity contribution in [2.24, 2.45) is 28.7 Å². The smallest absolute Gasteiger partial charge is 0.693 e. The molecule has 11 fully saturated rings. The second-order valence-electron chi connectivity index (χ2n) is 37.7.